The molecule has 100 valence electrons. The smallest absolute Gasteiger partial charge is 0.122 e. The van der Waals surface area contributed by atoms with Crippen molar-refractivity contribution in [3.05, 3.63) is 53.0 Å². The predicted molar refractivity (Wildman–Crippen MR) is 74.6 cm³/mol. The zero-order chi connectivity index (χ0) is 13.2. The molecule has 1 atom stereocenters. The fraction of sp³-hybridized carbons (Fsp3) is 0.375. The van der Waals surface area contributed by atoms with Gasteiger partial charge in [0.15, 0.2) is 0 Å². The molecule has 0 saturated heterocycles. The summed E-state index contributed by atoms with van der Waals surface area (Å²) in [7, 11) is 0. The first-order valence-corrected chi connectivity index (χ1v) is 6.82. The van der Waals surface area contributed by atoms with Crippen LogP contribution in [0.4, 0.5) is 0 Å². The van der Waals surface area contributed by atoms with Crippen LogP contribution in [0.2, 0.25) is 0 Å². The molecule has 19 heavy (non-hydrogen) atoms. The number of aryl methyl sites for hydroxylation is 1. The summed E-state index contributed by atoms with van der Waals surface area (Å²) in [4.78, 5) is 0. The van der Waals surface area contributed by atoms with Crippen LogP contribution in [0, 0.1) is 6.92 Å². The SMILES string of the molecule is CCNC(c1ccc2c(c1)CCO2)c1ccoc1C. The highest BCUT2D eigenvalue weighted by atomic mass is 16.5. The summed E-state index contributed by atoms with van der Waals surface area (Å²) >= 11 is 0. The van der Waals surface area contributed by atoms with Gasteiger partial charge in [-0.25, -0.2) is 0 Å². The van der Waals surface area contributed by atoms with E-state index in [0.717, 1.165) is 31.1 Å². The Morgan fingerprint density at radius 3 is 2.95 bits per heavy atom. The number of hydrogen-bond acceptors (Lipinski definition) is 3. The van der Waals surface area contributed by atoms with Crippen molar-refractivity contribution < 1.29 is 9.15 Å². The van der Waals surface area contributed by atoms with Crippen LogP contribution in [-0.4, -0.2) is 13.2 Å². The molecule has 3 nitrogen and oxygen atoms in total. The Hall–Kier alpha value is -1.74. The van der Waals surface area contributed by atoms with E-state index in [1.54, 1.807) is 6.26 Å². The molecular weight excluding hydrogens is 238 g/mol. The van der Waals surface area contributed by atoms with Crippen molar-refractivity contribution >= 4 is 0 Å². The number of benzene rings is 1. The van der Waals surface area contributed by atoms with Crippen LogP contribution in [0.25, 0.3) is 0 Å². The molecule has 3 heteroatoms. The summed E-state index contributed by atoms with van der Waals surface area (Å²) in [5.74, 6) is 2.01. The summed E-state index contributed by atoms with van der Waals surface area (Å²) in [5, 5.41) is 3.53. The van der Waals surface area contributed by atoms with Crippen LogP contribution in [0.1, 0.15) is 35.4 Å². The topological polar surface area (TPSA) is 34.4 Å². The second-order valence-corrected chi connectivity index (χ2v) is 4.89. The molecular formula is C16H19NO2. The Morgan fingerprint density at radius 2 is 2.21 bits per heavy atom. The summed E-state index contributed by atoms with van der Waals surface area (Å²) < 4.78 is 11.0. The number of furan rings is 1. The summed E-state index contributed by atoms with van der Waals surface area (Å²) in [5.41, 5.74) is 3.79. The minimum atomic E-state index is 0.189. The molecule has 0 fully saturated rings. The maximum absolute atomic E-state index is 5.57. The van der Waals surface area contributed by atoms with E-state index in [4.69, 9.17) is 9.15 Å². The molecule has 1 aromatic carbocycles. The van der Waals surface area contributed by atoms with Crippen molar-refractivity contribution in [3.63, 3.8) is 0 Å². The maximum atomic E-state index is 5.57. The van der Waals surface area contributed by atoms with Gasteiger partial charge in [-0.05, 0) is 36.7 Å². The van der Waals surface area contributed by atoms with Gasteiger partial charge in [-0.1, -0.05) is 19.1 Å². The molecule has 1 aliphatic rings. The number of hydrogen-bond donors (Lipinski definition) is 1. The van der Waals surface area contributed by atoms with E-state index in [0.29, 0.717) is 0 Å². The molecule has 0 aliphatic carbocycles. The monoisotopic (exact) mass is 257 g/mol. The van der Waals surface area contributed by atoms with Crippen molar-refractivity contribution in [2.45, 2.75) is 26.3 Å². The van der Waals surface area contributed by atoms with Gasteiger partial charge in [0, 0.05) is 12.0 Å². The van der Waals surface area contributed by atoms with E-state index in [-0.39, 0.29) is 6.04 Å². The molecule has 0 spiro atoms. The van der Waals surface area contributed by atoms with E-state index < -0.39 is 0 Å². The molecule has 0 bridgehead atoms. The van der Waals surface area contributed by atoms with Gasteiger partial charge in [0.1, 0.15) is 11.5 Å². The van der Waals surface area contributed by atoms with E-state index in [1.165, 1.54) is 16.7 Å². The lowest BCUT2D eigenvalue weighted by molar-refractivity contribution is 0.357. The molecule has 0 amide bonds. The highest BCUT2D eigenvalue weighted by Crippen LogP contribution is 2.31. The minimum Gasteiger partial charge on any atom is -0.493 e. The van der Waals surface area contributed by atoms with Gasteiger partial charge in [-0.3, -0.25) is 0 Å². The number of ether oxygens (including phenoxy) is 1. The van der Waals surface area contributed by atoms with Crippen LogP contribution in [0.5, 0.6) is 5.75 Å². The lowest BCUT2D eigenvalue weighted by Crippen LogP contribution is -2.22. The fourth-order valence-corrected chi connectivity index (χ4v) is 2.69. The van der Waals surface area contributed by atoms with E-state index in [2.05, 4.69) is 30.4 Å². The summed E-state index contributed by atoms with van der Waals surface area (Å²) in [6, 6.07) is 8.71. The van der Waals surface area contributed by atoms with Gasteiger partial charge in [0.05, 0.1) is 18.9 Å². The van der Waals surface area contributed by atoms with Gasteiger partial charge in [0.2, 0.25) is 0 Å². The first kappa shape index (κ1) is 12.3. The minimum absolute atomic E-state index is 0.189. The average Bonchev–Trinajstić information content (AvgIpc) is 3.03. The van der Waals surface area contributed by atoms with Crippen LogP contribution in [-0.2, 0) is 6.42 Å². The number of nitrogens with one attached hydrogen (secondary N) is 1. The molecule has 1 aliphatic heterocycles. The Balaban J connectivity index is 1.98. The lowest BCUT2D eigenvalue weighted by Gasteiger charge is -2.18. The third-order valence-corrected chi connectivity index (χ3v) is 3.67. The van der Waals surface area contributed by atoms with Crippen molar-refractivity contribution in [3.8, 4) is 5.75 Å². The van der Waals surface area contributed by atoms with Gasteiger partial charge >= 0.3 is 0 Å². The van der Waals surface area contributed by atoms with Gasteiger partial charge in [-0.2, -0.15) is 0 Å². The molecule has 0 radical (unpaired) electrons. The summed E-state index contributed by atoms with van der Waals surface area (Å²) in [6.45, 7) is 5.85. The quantitative estimate of drug-likeness (QED) is 0.913. The second-order valence-electron chi connectivity index (χ2n) is 4.89. The van der Waals surface area contributed by atoms with Crippen LogP contribution in [0.15, 0.2) is 34.9 Å². The molecule has 2 aromatic rings. The van der Waals surface area contributed by atoms with E-state index >= 15 is 0 Å². The Labute approximate surface area is 113 Å². The highest BCUT2D eigenvalue weighted by molar-refractivity contribution is 5.43. The molecule has 1 N–H and O–H groups in total. The average molecular weight is 257 g/mol. The maximum Gasteiger partial charge on any atom is 0.122 e. The molecule has 1 aromatic heterocycles. The van der Waals surface area contributed by atoms with Crippen LogP contribution in [0.3, 0.4) is 0 Å². The summed E-state index contributed by atoms with van der Waals surface area (Å²) in [6.07, 6.45) is 2.76. The Bertz CT molecular complexity index is 574. The van der Waals surface area contributed by atoms with Gasteiger partial charge in [0.25, 0.3) is 0 Å². The first-order chi connectivity index (χ1) is 9.29. The van der Waals surface area contributed by atoms with Crippen LogP contribution >= 0.6 is 0 Å². The third-order valence-electron chi connectivity index (χ3n) is 3.67. The van der Waals surface area contributed by atoms with Gasteiger partial charge < -0.3 is 14.5 Å². The van der Waals surface area contributed by atoms with Crippen LogP contribution < -0.4 is 10.1 Å². The van der Waals surface area contributed by atoms with Crippen molar-refractivity contribution in [1.29, 1.82) is 0 Å². The second kappa shape index (κ2) is 5.10. The van der Waals surface area contributed by atoms with E-state index in [9.17, 15) is 0 Å². The Morgan fingerprint density at radius 1 is 1.32 bits per heavy atom. The standard InChI is InChI=1S/C16H19NO2/c1-3-17-16(14-7-9-18-11(14)2)13-4-5-15-12(10-13)6-8-19-15/h4-5,7,9-10,16-17H,3,6,8H2,1-2H3. The largest absolute Gasteiger partial charge is 0.493 e. The zero-order valence-electron chi connectivity index (χ0n) is 11.4. The predicted octanol–water partition coefficient (Wildman–Crippen LogP) is 3.22. The number of fused-ring (bicyclic) bond motifs is 1. The van der Waals surface area contributed by atoms with Gasteiger partial charge in [-0.15, -0.1) is 0 Å². The molecule has 3 rings (SSSR count). The lowest BCUT2D eigenvalue weighted by atomic mass is 9.97. The number of rotatable bonds is 4. The first-order valence-electron chi connectivity index (χ1n) is 6.82. The zero-order valence-corrected chi connectivity index (χ0v) is 11.4. The van der Waals surface area contributed by atoms with Crippen molar-refractivity contribution in [2.75, 3.05) is 13.2 Å². The van der Waals surface area contributed by atoms with Crippen molar-refractivity contribution in [2.24, 2.45) is 0 Å². The fourth-order valence-electron chi connectivity index (χ4n) is 2.69. The Kier molecular flexibility index (Phi) is 3.30. The molecule has 1 unspecified atom stereocenters. The molecule has 2 heterocycles. The van der Waals surface area contributed by atoms with E-state index in [1.807, 2.05) is 13.0 Å². The normalized spacial score (nSPS) is 15.1. The third kappa shape index (κ3) is 2.26. The molecule has 0 saturated carbocycles. The van der Waals surface area contributed by atoms with Crippen molar-refractivity contribution in [1.82, 2.24) is 5.32 Å². The highest BCUT2D eigenvalue weighted by Gasteiger charge is 2.20.